The van der Waals surface area contributed by atoms with Crippen molar-refractivity contribution in [2.24, 2.45) is 0 Å². The lowest BCUT2D eigenvalue weighted by Gasteiger charge is -2.23. The summed E-state index contributed by atoms with van der Waals surface area (Å²) >= 11 is 0. The molecule has 2 N–H and O–H groups in total. The van der Waals surface area contributed by atoms with Gasteiger partial charge in [0.1, 0.15) is 5.82 Å². The lowest BCUT2D eigenvalue weighted by molar-refractivity contribution is 0.462. The van der Waals surface area contributed by atoms with Crippen molar-refractivity contribution < 1.29 is 8.42 Å². The Bertz CT molecular complexity index is 522. The highest BCUT2D eigenvalue weighted by Gasteiger charge is 2.15. The minimum atomic E-state index is -3.49. The Morgan fingerprint density at radius 3 is 2.45 bits per heavy atom. The van der Waals surface area contributed by atoms with E-state index in [1.54, 1.807) is 12.3 Å². The van der Waals surface area contributed by atoms with Crippen LogP contribution < -0.4 is 10.0 Å². The van der Waals surface area contributed by atoms with Crippen molar-refractivity contribution in [3.05, 3.63) is 18.3 Å². The van der Waals surface area contributed by atoms with E-state index < -0.39 is 10.2 Å². The number of nitrogens with zero attached hydrogens (tertiary/aromatic N) is 2. The Morgan fingerprint density at radius 2 is 1.90 bits per heavy atom. The molecule has 0 aromatic carbocycles. The molecule has 0 spiro atoms. The zero-order valence-electron chi connectivity index (χ0n) is 12.0. The third kappa shape index (κ3) is 4.08. The normalized spacial score (nSPS) is 17.1. The van der Waals surface area contributed by atoms with Crippen LogP contribution in [0, 0.1) is 0 Å². The van der Waals surface area contributed by atoms with Gasteiger partial charge in [0.05, 0.1) is 11.9 Å². The maximum Gasteiger partial charge on any atom is 0.302 e. The van der Waals surface area contributed by atoms with Crippen LogP contribution in [0.3, 0.4) is 0 Å². The molecule has 0 unspecified atom stereocenters. The molecule has 0 aliphatic heterocycles. The van der Waals surface area contributed by atoms with Gasteiger partial charge < -0.3 is 5.32 Å². The first-order valence-electron chi connectivity index (χ1n) is 6.90. The fourth-order valence-electron chi connectivity index (χ4n) is 2.25. The van der Waals surface area contributed by atoms with Crippen LogP contribution in [0.1, 0.15) is 32.1 Å². The van der Waals surface area contributed by atoms with Gasteiger partial charge in [-0.3, -0.25) is 4.72 Å². The molecule has 1 saturated carbocycles. The summed E-state index contributed by atoms with van der Waals surface area (Å²) in [6, 6.07) is 4.04. The first-order valence-corrected chi connectivity index (χ1v) is 8.34. The second-order valence-corrected chi connectivity index (χ2v) is 7.19. The van der Waals surface area contributed by atoms with Gasteiger partial charge in [0, 0.05) is 20.1 Å². The molecule has 112 valence electrons. The van der Waals surface area contributed by atoms with Gasteiger partial charge in [-0.2, -0.15) is 12.7 Å². The highest BCUT2D eigenvalue weighted by Crippen LogP contribution is 2.21. The van der Waals surface area contributed by atoms with Crippen LogP contribution >= 0.6 is 0 Å². The van der Waals surface area contributed by atoms with Crippen molar-refractivity contribution in [2.75, 3.05) is 24.1 Å². The Kier molecular flexibility index (Phi) is 4.82. The van der Waals surface area contributed by atoms with Crippen LogP contribution in [-0.4, -0.2) is 37.8 Å². The predicted octanol–water partition coefficient (Wildman–Crippen LogP) is 2.04. The average Bonchev–Trinajstić information content (AvgIpc) is 2.42. The molecule has 6 nitrogen and oxygen atoms in total. The maximum atomic E-state index is 11.7. The number of nitrogens with one attached hydrogen (secondary N) is 2. The van der Waals surface area contributed by atoms with E-state index in [2.05, 4.69) is 15.0 Å². The first-order chi connectivity index (χ1) is 9.47. The van der Waals surface area contributed by atoms with E-state index in [4.69, 9.17) is 0 Å². The van der Waals surface area contributed by atoms with Crippen LogP contribution in [0.5, 0.6) is 0 Å². The van der Waals surface area contributed by atoms with E-state index in [0.29, 0.717) is 11.9 Å². The van der Waals surface area contributed by atoms with Gasteiger partial charge in [0.25, 0.3) is 0 Å². The number of pyridine rings is 1. The van der Waals surface area contributed by atoms with Crippen LogP contribution in [0.4, 0.5) is 11.5 Å². The van der Waals surface area contributed by atoms with E-state index in [9.17, 15) is 8.42 Å². The van der Waals surface area contributed by atoms with Crippen molar-refractivity contribution in [3.8, 4) is 0 Å². The van der Waals surface area contributed by atoms with Gasteiger partial charge in [-0.05, 0) is 25.0 Å². The summed E-state index contributed by atoms with van der Waals surface area (Å²) in [5, 5.41) is 3.44. The standard InChI is InChI=1S/C13H22N4O2S/c1-17(2)20(18,19)16-13-9-8-12(10-14-13)15-11-6-4-3-5-7-11/h8-11,15H,3-7H2,1-2H3,(H,14,16). The zero-order chi connectivity index (χ0) is 14.6. The number of aromatic nitrogens is 1. The molecule has 1 aromatic heterocycles. The van der Waals surface area contributed by atoms with Crippen LogP contribution in [0.25, 0.3) is 0 Å². The van der Waals surface area contributed by atoms with Crippen LogP contribution in [0.15, 0.2) is 18.3 Å². The SMILES string of the molecule is CN(C)S(=O)(=O)Nc1ccc(NC2CCCCC2)cn1. The summed E-state index contributed by atoms with van der Waals surface area (Å²) in [5.74, 6) is 0.327. The summed E-state index contributed by atoms with van der Waals surface area (Å²) in [4.78, 5) is 4.13. The van der Waals surface area contributed by atoms with E-state index >= 15 is 0 Å². The van der Waals surface area contributed by atoms with Crippen molar-refractivity contribution >= 4 is 21.7 Å². The highest BCUT2D eigenvalue weighted by molar-refractivity contribution is 7.90. The van der Waals surface area contributed by atoms with Gasteiger partial charge in [-0.1, -0.05) is 19.3 Å². The van der Waals surface area contributed by atoms with E-state index in [1.165, 1.54) is 46.2 Å². The molecule has 0 radical (unpaired) electrons. The smallest absolute Gasteiger partial charge is 0.302 e. The molecule has 1 aliphatic carbocycles. The van der Waals surface area contributed by atoms with Gasteiger partial charge in [0.2, 0.25) is 0 Å². The molecular weight excluding hydrogens is 276 g/mol. The molecule has 0 atom stereocenters. The second-order valence-electron chi connectivity index (χ2n) is 5.30. The van der Waals surface area contributed by atoms with Crippen molar-refractivity contribution in [3.63, 3.8) is 0 Å². The Hall–Kier alpha value is -1.34. The zero-order valence-corrected chi connectivity index (χ0v) is 12.8. The third-order valence-corrected chi connectivity index (χ3v) is 4.88. The van der Waals surface area contributed by atoms with Gasteiger partial charge >= 0.3 is 10.2 Å². The number of rotatable bonds is 5. The Morgan fingerprint density at radius 1 is 1.20 bits per heavy atom. The molecule has 1 aliphatic rings. The summed E-state index contributed by atoms with van der Waals surface area (Å²) in [6.45, 7) is 0. The van der Waals surface area contributed by atoms with E-state index in [0.717, 1.165) is 9.99 Å². The Balaban J connectivity index is 1.96. The van der Waals surface area contributed by atoms with Crippen LogP contribution in [-0.2, 0) is 10.2 Å². The summed E-state index contributed by atoms with van der Waals surface area (Å²) < 4.78 is 26.8. The summed E-state index contributed by atoms with van der Waals surface area (Å²) in [5.41, 5.74) is 0.935. The molecule has 7 heteroatoms. The van der Waals surface area contributed by atoms with Crippen molar-refractivity contribution in [1.29, 1.82) is 0 Å². The van der Waals surface area contributed by atoms with E-state index in [1.807, 2.05) is 6.07 Å². The summed E-state index contributed by atoms with van der Waals surface area (Å²) in [6.07, 6.45) is 7.91. The average molecular weight is 298 g/mol. The summed E-state index contributed by atoms with van der Waals surface area (Å²) in [7, 11) is -0.544. The molecule has 0 bridgehead atoms. The van der Waals surface area contributed by atoms with E-state index in [-0.39, 0.29) is 0 Å². The first kappa shape index (κ1) is 15.1. The molecule has 20 heavy (non-hydrogen) atoms. The molecular formula is C13H22N4O2S. The van der Waals surface area contributed by atoms with Gasteiger partial charge in [-0.15, -0.1) is 0 Å². The lowest BCUT2D eigenvalue weighted by Crippen LogP contribution is -2.29. The molecule has 1 fully saturated rings. The minimum Gasteiger partial charge on any atom is -0.381 e. The van der Waals surface area contributed by atoms with Crippen molar-refractivity contribution in [2.45, 2.75) is 38.1 Å². The third-order valence-electron chi connectivity index (χ3n) is 3.45. The molecule has 1 heterocycles. The Labute approximate surface area is 120 Å². The molecule has 2 rings (SSSR count). The second kappa shape index (κ2) is 6.41. The largest absolute Gasteiger partial charge is 0.381 e. The molecule has 0 amide bonds. The topological polar surface area (TPSA) is 74.3 Å². The quantitative estimate of drug-likeness (QED) is 0.872. The van der Waals surface area contributed by atoms with Crippen LogP contribution in [0.2, 0.25) is 0 Å². The lowest BCUT2D eigenvalue weighted by atomic mass is 9.95. The fraction of sp³-hybridized carbons (Fsp3) is 0.615. The maximum absolute atomic E-state index is 11.7. The number of hydrogen-bond donors (Lipinski definition) is 2. The number of anilines is 2. The fourth-order valence-corrected chi connectivity index (χ4v) is 2.81. The highest BCUT2D eigenvalue weighted by atomic mass is 32.2. The van der Waals surface area contributed by atoms with Gasteiger partial charge in [-0.25, -0.2) is 4.98 Å². The van der Waals surface area contributed by atoms with Gasteiger partial charge in [0.15, 0.2) is 0 Å². The minimum absolute atomic E-state index is 0.327. The monoisotopic (exact) mass is 298 g/mol. The van der Waals surface area contributed by atoms with Crippen molar-refractivity contribution in [1.82, 2.24) is 9.29 Å². The molecule has 1 aromatic rings. The predicted molar refractivity (Wildman–Crippen MR) is 81.0 cm³/mol. The number of hydrogen-bond acceptors (Lipinski definition) is 4. The molecule has 0 saturated heterocycles.